The number of amides is 1. The molecule has 0 bridgehead atoms. The lowest BCUT2D eigenvalue weighted by Gasteiger charge is -2.09. The van der Waals surface area contributed by atoms with Crippen molar-refractivity contribution < 1.29 is 9.72 Å². The standard InChI is InChI=1S/C16H14ClN3O3/c1-9-13(20(22)23)5-4-12(15(9)17)11-6-7-18-14(8-11)19-16(21)10-2-3-10/h4-8,10H,2-3H2,1H3,(H,18,19,21). The first-order valence-corrected chi connectivity index (χ1v) is 7.56. The maximum atomic E-state index is 11.8. The van der Waals surface area contributed by atoms with Crippen molar-refractivity contribution >= 4 is 29.0 Å². The monoisotopic (exact) mass is 331 g/mol. The van der Waals surface area contributed by atoms with E-state index < -0.39 is 4.92 Å². The number of hydrogen-bond acceptors (Lipinski definition) is 4. The fourth-order valence-electron chi connectivity index (χ4n) is 2.34. The van der Waals surface area contributed by atoms with Crippen LogP contribution < -0.4 is 5.32 Å². The molecule has 6 nitrogen and oxygen atoms in total. The van der Waals surface area contributed by atoms with Crippen LogP contribution in [-0.4, -0.2) is 15.8 Å². The van der Waals surface area contributed by atoms with Gasteiger partial charge in [0.1, 0.15) is 5.82 Å². The van der Waals surface area contributed by atoms with Crippen LogP contribution in [0.3, 0.4) is 0 Å². The molecule has 23 heavy (non-hydrogen) atoms. The normalized spacial score (nSPS) is 13.7. The predicted octanol–water partition coefficient (Wildman–Crippen LogP) is 3.97. The van der Waals surface area contributed by atoms with Crippen LogP contribution in [0.15, 0.2) is 30.5 Å². The molecule has 118 valence electrons. The minimum absolute atomic E-state index is 0.0185. The Morgan fingerprint density at radius 2 is 2.13 bits per heavy atom. The zero-order chi connectivity index (χ0) is 16.6. The highest BCUT2D eigenvalue weighted by Gasteiger charge is 2.29. The van der Waals surface area contributed by atoms with E-state index in [0.717, 1.165) is 18.4 Å². The molecule has 3 rings (SSSR count). The van der Waals surface area contributed by atoms with Crippen molar-refractivity contribution in [2.24, 2.45) is 5.92 Å². The average Bonchev–Trinajstić information content (AvgIpc) is 3.34. The van der Waals surface area contributed by atoms with E-state index in [-0.39, 0.29) is 17.5 Å². The third-order valence-electron chi connectivity index (χ3n) is 3.82. The lowest BCUT2D eigenvalue weighted by molar-refractivity contribution is -0.385. The minimum atomic E-state index is -0.459. The van der Waals surface area contributed by atoms with E-state index in [0.29, 0.717) is 22.0 Å². The molecule has 7 heteroatoms. The van der Waals surface area contributed by atoms with Crippen LogP contribution in [0.2, 0.25) is 5.02 Å². The van der Waals surface area contributed by atoms with Gasteiger partial charge in [-0.15, -0.1) is 0 Å². The zero-order valence-corrected chi connectivity index (χ0v) is 13.1. The first-order valence-electron chi connectivity index (χ1n) is 7.18. The molecule has 0 spiro atoms. The van der Waals surface area contributed by atoms with Crippen LogP contribution in [0.4, 0.5) is 11.5 Å². The summed E-state index contributed by atoms with van der Waals surface area (Å²) in [4.78, 5) is 26.4. The van der Waals surface area contributed by atoms with Gasteiger partial charge in [-0.05, 0) is 43.5 Å². The number of pyridine rings is 1. The third kappa shape index (κ3) is 3.17. The molecule has 1 aliphatic rings. The molecule has 0 aliphatic heterocycles. The quantitative estimate of drug-likeness (QED) is 0.678. The lowest BCUT2D eigenvalue weighted by atomic mass is 10.0. The predicted molar refractivity (Wildman–Crippen MR) is 87.4 cm³/mol. The van der Waals surface area contributed by atoms with Crippen molar-refractivity contribution in [2.45, 2.75) is 19.8 Å². The highest BCUT2D eigenvalue weighted by molar-refractivity contribution is 6.34. The fourth-order valence-corrected chi connectivity index (χ4v) is 2.60. The summed E-state index contributed by atoms with van der Waals surface area (Å²) >= 11 is 6.28. The largest absolute Gasteiger partial charge is 0.310 e. The number of carbonyl (C=O) groups excluding carboxylic acids is 1. The summed E-state index contributed by atoms with van der Waals surface area (Å²) in [5, 5.41) is 14.1. The van der Waals surface area contributed by atoms with Gasteiger partial charge in [-0.3, -0.25) is 14.9 Å². The smallest absolute Gasteiger partial charge is 0.273 e. The van der Waals surface area contributed by atoms with Gasteiger partial charge < -0.3 is 5.32 Å². The zero-order valence-electron chi connectivity index (χ0n) is 12.4. The molecule has 1 saturated carbocycles. The van der Waals surface area contributed by atoms with E-state index in [1.54, 1.807) is 31.3 Å². The van der Waals surface area contributed by atoms with Gasteiger partial charge in [-0.25, -0.2) is 4.98 Å². The van der Waals surface area contributed by atoms with Crippen molar-refractivity contribution in [3.8, 4) is 11.1 Å². The number of nitrogens with zero attached hydrogens (tertiary/aromatic N) is 2. The summed E-state index contributed by atoms with van der Waals surface area (Å²) in [6.45, 7) is 1.61. The lowest BCUT2D eigenvalue weighted by Crippen LogP contribution is -2.14. The number of carbonyl (C=O) groups is 1. The Balaban J connectivity index is 1.94. The van der Waals surface area contributed by atoms with Crippen LogP contribution in [-0.2, 0) is 4.79 Å². The number of hydrogen-bond donors (Lipinski definition) is 1. The van der Waals surface area contributed by atoms with Crippen molar-refractivity contribution in [3.05, 3.63) is 51.2 Å². The molecule has 0 saturated heterocycles. The molecule has 0 unspecified atom stereocenters. The van der Waals surface area contributed by atoms with E-state index in [1.165, 1.54) is 6.07 Å². The van der Waals surface area contributed by atoms with E-state index in [2.05, 4.69) is 10.3 Å². The molecule has 2 aromatic rings. The van der Waals surface area contributed by atoms with Gasteiger partial charge in [-0.1, -0.05) is 11.6 Å². The van der Waals surface area contributed by atoms with Gasteiger partial charge in [0.05, 0.1) is 9.95 Å². The molecule has 1 aliphatic carbocycles. The Labute approximate surface area is 137 Å². The topological polar surface area (TPSA) is 85.1 Å². The van der Waals surface area contributed by atoms with Gasteiger partial charge in [0.15, 0.2) is 0 Å². The van der Waals surface area contributed by atoms with E-state index in [1.807, 2.05) is 0 Å². The van der Waals surface area contributed by atoms with Crippen LogP contribution >= 0.6 is 11.6 Å². The number of anilines is 1. The highest BCUT2D eigenvalue weighted by atomic mass is 35.5. The van der Waals surface area contributed by atoms with Crippen LogP contribution in [0.1, 0.15) is 18.4 Å². The second-order valence-electron chi connectivity index (χ2n) is 5.52. The van der Waals surface area contributed by atoms with Crippen molar-refractivity contribution in [2.75, 3.05) is 5.32 Å². The summed E-state index contributed by atoms with van der Waals surface area (Å²) in [6.07, 6.45) is 3.41. The van der Waals surface area contributed by atoms with Gasteiger partial charge in [0.25, 0.3) is 5.69 Å². The van der Waals surface area contributed by atoms with E-state index >= 15 is 0 Å². The fraction of sp³-hybridized carbons (Fsp3) is 0.250. The molecule has 1 amide bonds. The second kappa shape index (κ2) is 5.96. The Morgan fingerprint density at radius 3 is 2.78 bits per heavy atom. The van der Waals surface area contributed by atoms with Gasteiger partial charge in [0, 0.05) is 29.3 Å². The van der Waals surface area contributed by atoms with E-state index in [9.17, 15) is 14.9 Å². The first kappa shape index (κ1) is 15.4. The minimum Gasteiger partial charge on any atom is -0.310 e. The van der Waals surface area contributed by atoms with Crippen LogP contribution in [0.5, 0.6) is 0 Å². The Kier molecular flexibility index (Phi) is 4.00. The second-order valence-corrected chi connectivity index (χ2v) is 5.90. The molecule has 1 fully saturated rings. The van der Waals surface area contributed by atoms with Crippen molar-refractivity contribution in [1.29, 1.82) is 0 Å². The molecule has 1 N–H and O–H groups in total. The molecular formula is C16H14ClN3O3. The summed E-state index contributed by atoms with van der Waals surface area (Å²) < 4.78 is 0. The molecule has 0 radical (unpaired) electrons. The van der Waals surface area contributed by atoms with Gasteiger partial charge >= 0.3 is 0 Å². The third-order valence-corrected chi connectivity index (χ3v) is 4.31. The number of aromatic nitrogens is 1. The van der Waals surface area contributed by atoms with Crippen molar-refractivity contribution in [1.82, 2.24) is 4.98 Å². The number of nitrogens with one attached hydrogen (secondary N) is 1. The van der Waals surface area contributed by atoms with Crippen molar-refractivity contribution in [3.63, 3.8) is 0 Å². The van der Waals surface area contributed by atoms with Crippen LogP contribution in [0, 0.1) is 23.0 Å². The maximum Gasteiger partial charge on any atom is 0.273 e. The first-order chi connectivity index (χ1) is 11.0. The molecular weight excluding hydrogens is 318 g/mol. The number of halogens is 1. The highest BCUT2D eigenvalue weighted by Crippen LogP contribution is 2.36. The molecule has 1 heterocycles. The summed E-state index contributed by atoms with van der Waals surface area (Å²) in [7, 11) is 0. The Morgan fingerprint density at radius 1 is 1.39 bits per heavy atom. The van der Waals surface area contributed by atoms with E-state index in [4.69, 9.17) is 11.6 Å². The summed E-state index contributed by atoms with van der Waals surface area (Å²) in [6, 6.07) is 6.50. The molecule has 1 aromatic heterocycles. The Bertz CT molecular complexity index is 803. The average molecular weight is 332 g/mol. The molecule has 0 atom stereocenters. The Hall–Kier alpha value is -2.47. The molecule has 1 aromatic carbocycles. The number of benzene rings is 1. The van der Waals surface area contributed by atoms with Gasteiger partial charge in [0.2, 0.25) is 5.91 Å². The number of rotatable bonds is 4. The number of nitro groups is 1. The van der Waals surface area contributed by atoms with Crippen LogP contribution in [0.25, 0.3) is 11.1 Å². The van der Waals surface area contributed by atoms with Gasteiger partial charge in [-0.2, -0.15) is 0 Å². The number of nitro benzene ring substituents is 1. The SMILES string of the molecule is Cc1c([N+](=O)[O-])ccc(-c2ccnc(NC(=O)C3CC3)c2)c1Cl. The maximum absolute atomic E-state index is 11.8. The summed E-state index contributed by atoms with van der Waals surface area (Å²) in [5.41, 5.74) is 1.80. The summed E-state index contributed by atoms with van der Waals surface area (Å²) in [5.74, 6) is 0.512.